The molecule has 0 radical (unpaired) electrons. The van der Waals surface area contributed by atoms with Gasteiger partial charge in [-0.1, -0.05) is 19.1 Å². The smallest absolute Gasteiger partial charge is 0.366 e. The summed E-state index contributed by atoms with van der Waals surface area (Å²) in [6.45, 7) is 2.55. The predicted octanol–water partition coefficient (Wildman–Crippen LogP) is 3.78. The van der Waals surface area contributed by atoms with E-state index in [2.05, 4.69) is 9.97 Å². The van der Waals surface area contributed by atoms with Gasteiger partial charge in [0.25, 0.3) is 5.91 Å². The molecule has 4 rings (SSSR count). The Kier molecular flexibility index (Phi) is 5.96. The summed E-state index contributed by atoms with van der Waals surface area (Å²) in [5.74, 6) is -0.644. The van der Waals surface area contributed by atoms with Crippen LogP contribution in [0.2, 0.25) is 0 Å². The number of morpholine rings is 1. The highest BCUT2D eigenvalue weighted by atomic mass is 32.1. The number of benzene rings is 1. The molecule has 0 spiro atoms. The number of hydrogen-bond donors (Lipinski definition) is 1. The van der Waals surface area contributed by atoms with Crippen molar-refractivity contribution in [3.8, 4) is 10.4 Å². The normalized spacial score (nSPS) is 17.9. The Morgan fingerprint density at radius 2 is 2.16 bits per heavy atom. The van der Waals surface area contributed by atoms with Crippen molar-refractivity contribution in [3.63, 3.8) is 0 Å². The molecule has 31 heavy (non-hydrogen) atoms. The zero-order chi connectivity index (χ0) is 22.2. The lowest BCUT2D eigenvalue weighted by Gasteiger charge is -2.33. The number of aryl methyl sites for hydroxylation is 1. The van der Waals surface area contributed by atoms with Crippen LogP contribution in [0.15, 0.2) is 30.5 Å². The second-order valence-corrected chi connectivity index (χ2v) is 8.49. The average molecular weight is 450 g/mol. The van der Waals surface area contributed by atoms with Gasteiger partial charge in [0, 0.05) is 36.8 Å². The first-order chi connectivity index (χ1) is 14.7. The molecule has 164 valence electrons. The molecule has 1 atom stereocenters. The van der Waals surface area contributed by atoms with E-state index >= 15 is 0 Å². The standard InChI is InChI=1S/C21H21F3N4O2S/c1-2-19-26-9-17(31-19)14-8-16(20(25)29)27-15-7-12(3-4-13(14)15)10-28-5-6-30-18(11-28)21(22,23)24/h3-4,7-9,18H,2,5-6,10-11H2,1H3,(H2,25,29). The highest BCUT2D eigenvalue weighted by Crippen LogP contribution is 2.33. The van der Waals surface area contributed by atoms with Crippen LogP contribution in [-0.4, -0.2) is 52.8 Å². The minimum atomic E-state index is -4.39. The molecule has 1 fully saturated rings. The number of nitrogens with zero attached hydrogens (tertiary/aromatic N) is 3. The van der Waals surface area contributed by atoms with Crippen molar-refractivity contribution in [2.45, 2.75) is 32.2 Å². The monoisotopic (exact) mass is 450 g/mol. The third-order valence-corrected chi connectivity index (χ3v) is 6.34. The maximum Gasteiger partial charge on any atom is 0.415 e. The third kappa shape index (κ3) is 4.70. The van der Waals surface area contributed by atoms with Crippen LogP contribution < -0.4 is 5.73 Å². The molecule has 0 bridgehead atoms. The molecule has 3 heterocycles. The molecular formula is C21H21F3N4O2S. The molecule has 1 aliphatic rings. The SMILES string of the molecule is CCc1ncc(-c2cc(C(N)=O)nc3cc(CN4CCOC(C(F)(F)F)C4)ccc23)s1. The first-order valence-corrected chi connectivity index (χ1v) is 10.7. The number of ether oxygens (including phenoxy) is 1. The maximum atomic E-state index is 13.0. The van der Waals surface area contributed by atoms with Crippen LogP contribution in [0.5, 0.6) is 0 Å². The highest BCUT2D eigenvalue weighted by molar-refractivity contribution is 7.15. The third-order valence-electron chi connectivity index (χ3n) is 5.17. The van der Waals surface area contributed by atoms with Crippen molar-refractivity contribution in [1.82, 2.24) is 14.9 Å². The molecule has 3 aromatic rings. The Bertz CT molecular complexity index is 1120. The minimum absolute atomic E-state index is 0.0249. The summed E-state index contributed by atoms with van der Waals surface area (Å²) < 4.78 is 43.9. The van der Waals surface area contributed by atoms with E-state index in [1.807, 2.05) is 19.1 Å². The number of alkyl halides is 3. The molecule has 1 aromatic carbocycles. The molecule has 1 amide bonds. The van der Waals surface area contributed by atoms with Gasteiger partial charge in [0.1, 0.15) is 5.69 Å². The number of primary amides is 1. The second-order valence-electron chi connectivity index (χ2n) is 7.38. The van der Waals surface area contributed by atoms with E-state index in [1.54, 1.807) is 23.2 Å². The Morgan fingerprint density at radius 1 is 1.35 bits per heavy atom. The fourth-order valence-corrected chi connectivity index (χ4v) is 4.49. The van der Waals surface area contributed by atoms with Crippen LogP contribution in [0, 0.1) is 0 Å². The van der Waals surface area contributed by atoms with Gasteiger partial charge < -0.3 is 10.5 Å². The lowest BCUT2D eigenvalue weighted by molar-refractivity contribution is -0.237. The zero-order valence-corrected chi connectivity index (χ0v) is 17.6. The van der Waals surface area contributed by atoms with E-state index in [0.717, 1.165) is 32.8 Å². The van der Waals surface area contributed by atoms with E-state index in [1.165, 1.54) is 11.3 Å². The van der Waals surface area contributed by atoms with Crippen LogP contribution in [-0.2, 0) is 17.7 Å². The summed E-state index contributed by atoms with van der Waals surface area (Å²) in [7, 11) is 0. The van der Waals surface area contributed by atoms with Gasteiger partial charge in [-0.25, -0.2) is 9.97 Å². The fourth-order valence-electron chi connectivity index (χ4n) is 3.60. The van der Waals surface area contributed by atoms with Crippen molar-refractivity contribution >= 4 is 28.1 Å². The summed E-state index contributed by atoms with van der Waals surface area (Å²) in [6.07, 6.45) is -3.60. The number of rotatable bonds is 5. The van der Waals surface area contributed by atoms with Gasteiger partial charge in [-0.3, -0.25) is 9.69 Å². The van der Waals surface area contributed by atoms with E-state index < -0.39 is 18.2 Å². The van der Waals surface area contributed by atoms with Crippen molar-refractivity contribution < 1.29 is 22.7 Å². The maximum absolute atomic E-state index is 13.0. The van der Waals surface area contributed by atoms with Crippen LogP contribution >= 0.6 is 11.3 Å². The number of carbonyl (C=O) groups excluding carboxylic acids is 1. The van der Waals surface area contributed by atoms with E-state index in [-0.39, 0.29) is 18.8 Å². The van der Waals surface area contributed by atoms with Crippen LogP contribution in [0.4, 0.5) is 13.2 Å². The molecule has 6 nitrogen and oxygen atoms in total. The number of aromatic nitrogens is 2. The van der Waals surface area contributed by atoms with Crippen LogP contribution in [0.1, 0.15) is 28.0 Å². The largest absolute Gasteiger partial charge is 0.415 e. The Hall–Kier alpha value is -2.56. The van der Waals surface area contributed by atoms with Gasteiger partial charge in [0.2, 0.25) is 0 Å². The van der Waals surface area contributed by atoms with Gasteiger partial charge in [-0.15, -0.1) is 11.3 Å². The molecule has 1 aliphatic heterocycles. The summed E-state index contributed by atoms with van der Waals surface area (Å²) in [4.78, 5) is 23.2. The lowest BCUT2D eigenvalue weighted by atomic mass is 10.0. The van der Waals surface area contributed by atoms with Crippen molar-refractivity contribution in [1.29, 1.82) is 0 Å². The number of fused-ring (bicyclic) bond motifs is 1. The van der Waals surface area contributed by atoms with Gasteiger partial charge >= 0.3 is 6.18 Å². The minimum Gasteiger partial charge on any atom is -0.366 e. The molecule has 2 N–H and O–H groups in total. The number of hydrogen-bond acceptors (Lipinski definition) is 6. The van der Waals surface area contributed by atoms with Crippen molar-refractivity contribution in [3.05, 3.63) is 46.7 Å². The fraction of sp³-hybridized carbons (Fsp3) is 0.381. The Labute approximate surface area is 180 Å². The molecule has 1 saturated heterocycles. The lowest BCUT2D eigenvalue weighted by Crippen LogP contribution is -2.48. The number of pyridine rings is 1. The van der Waals surface area contributed by atoms with E-state index in [0.29, 0.717) is 18.6 Å². The molecule has 0 aliphatic carbocycles. The summed E-state index contributed by atoms with van der Waals surface area (Å²) in [6, 6.07) is 7.21. The summed E-state index contributed by atoms with van der Waals surface area (Å²) in [5.41, 5.74) is 7.79. The zero-order valence-electron chi connectivity index (χ0n) is 16.8. The first kappa shape index (κ1) is 21.7. The second kappa shape index (κ2) is 8.52. The van der Waals surface area contributed by atoms with Gasteiger partial charge in [0.05, 0.1) is 22.0 Å². The van der Waals surface area contributed by atoms with Gasteiger partial charge in [-0.05, 0) is 24.1 Å². The number of amides is 1. The van der Waals surface area contributed by atoms with E-state index in [4.69, 9.17) is 10.5 Å². The van der Waals surface area contributed by atoms with Crippen molar-refractivity contribution in [2.24, 2.45) is 5.73 Å². The number of nitrogens with two attached hydrogens (primary N) is 1. The summed E-state index contributed by atoms with van der Waals surface area (Å²) in [5, 5.41) is 1.80. The molecule has 0 saturated carbocycles. The molecule has 1 unspecified atom stereocenters. The molecule has 10 heteroatoms. The van der Waals surface area contributed by atoms with Crippen LogP contribution in [0.25, 0.3) is 21.3 Å². The average Bonchev–Trinajstić information content (AvgIpc) is 3.21. The number of halogens is 3. The van der Waals surface area contributed by atoms with Gasteiger partial charge in [0.15, 0.2) is 6.10 Å². The Balaban J connectivity index is 1.67. The van der Waals surface area contributed by atoms with Crippen LogP contribution in [0.3, 0.4) is 0 Å². The number of carbonyl (C=O) groups is 1. The van der Waals surface area contributed by atoms with Gasteiger partial charge in [-0.2, -0.15) is 13.2 Å². The topological polar surface area (TPSA) is 81.3 Å². The number of thiazole rings is 1. The molecule has 2 aromatic heterocycles. The van der Waals surface area contributed by atoms with E-state index in [9.17, 15) is 18.0 Å². The summed E-state index contributed by atoms with van der Waals surface area (Å²) >= 11 is 1.54. The molecular weight excluding hydrogens is 429 g/mol. The highest BCUT2D eigenvalue weighted by Gasteiger charge is 2.43. The quantitative estimate of drug-likeness (QED) is 0.640. The predicted molar refractivity (Wildman–Crippen MR) is 112 cm³/mol. The Morgan fingerprint density at radius 3 is 2.84 bits per heavy atom. The first-order valence-electron chi connectivity index (χ1n) is 9.84. The van der Waals surface area contributed by atoms with Crippen molar-refractivity contribution in [2.75, 3.05) is 19.7 Å².